The van der Waals surface area contributed by atoms with Crippen molar-refractivity contribution in [2.24, 2.45) is 0 Å². The Morgan fingerprint density at radius 3 is 2.69 bits per heavy atom. The van der Waals surface area contributed by atoms with Gasteiger partial charge in [0, 0.05) is 10.9 Å². The lowest BCUT2D eigenvalue weighted by Gasteiger charge is -2.03. The molecule has 4 heteroatoms. The van der Waals surface area contributed by atoms with E-state index in [9.17, 15) is 4.79 Å². The standard InChI is InChI=1S/C12H12N2OS/c1-7-3-4-9(8(2)5-7)11(15)10-6-16-12(13)14-10/h3-6H,1-2H3,(H2,13,14). The van der Waals surface area contributed by atoms with Gasteiger partial charge in [0.05, 0.1) is 0 Å². The molecule has 0 saturated carbocycles. The van der Waals surface area contributed by atoms with Crippen molar-refractivity contribution in [1.29, 1.82) is 0 Å². The number of ketones is 1. The number of aryl methyl sites for hydroxylation is 2. The minimum Gasteiger partial charge on any atom is -0.375 e. The second kappa shape index (κ2) is 4.06. The molecule has 3 nitrogen and oxygen atoms in total. The van der Waals surface area contributed by atoms with Crippen LogP contribution in [-0.4, -0.2) is 10.8 Å². The van der Waals surface area contributed by atoms with Gasteiger partial charge in [-0.15, -0.1) is 11.3 Å². The lowest BCUT2D eigenvalue weighted by atomic mass is 10.0. The number of anilines is 1. The van der Waals surface area contributed by atoms with Gasteiger partial charge >= 0.3 is 0 Å². The maximum absolute atomic E-state index is 12.1. The van der Waals surface area contributed by atoms with Crippen LogP contribution in [0.15, 0.2) is 23.6 Å². The Hall–Kier alpha value is -1.68. The molecule has 0 bridgehead atoms. The first-order valence-corrected chi connectivity index (χ1v) is 5.79. The van der Waals surface area contributed by atoms with Crippen molar-refractivity contribution in [2.45, 2.75) is 13.8 Å². The number of carbonyl (C=O) groups is 1. The van der Waals surface area contributed by atoms with Gasteiger partial charge in [0.25, 0.3) is 0 Å². The molecule has 0 amide bonds. The van der Waals surface area contributed by atoms with E-state index in [4.69, 9.17) is 5.73 Å². The summed E-state index contributed by atoms with van der Waals surface area (Å²) in [7, 11) is 0. The smallest absolute Gasteiger partial charge is 0.212 e. The first kappa shape index (κ1) is 10.8. The molecule has 0 fully saturated rings. The number of hydrogen-bond donors (Lipinski definition) is 1. The van der Waals surface area contributed by atoms with Gasteiger partial charge in [0.15, 0.2) is 5.13 Å². The predicted molar refractivity (Wildman–Crippen MR) is 65.9 cm³/mol. The number of rotatable bonds is 2. The third kappa shape index (κ3) is 1.97. The summed E-state index contributed by atoms with van der Waals surface area (Å²) in [6.45, 7) is 3.93. The molecule has 2 rings (SSSR count). The number of carbonyl (C=O) groups excluding carboxylic acids is 1. The van der Waals surface area contributed by atoms with Crippen molar-refractivity contribution in [2.75, 3.05) is 5.73 Å². The summed E-state index contributed by atoms with van der Waals surface area (Å²) in [6, 6.07) is 5.75. The second-order valence-electron chi connectivity index (χ2n) is 3.72. The second-order valence-corrected chi connectivity index (χ2v) is 4.61. The van der Waals surface area contributed by atoms with Crippen LogP contribution in [0.5, 0.6) is 0 Å². The fourth-order valence-electron chi connectivity index (χ4n) is 1.60. The summed E-state index contributed by atoms with van der Waals surface area (Å²) < 4.78 is 0. The molecule has 1 aromatic heterocycles. The summed E-state index contributed by atoms with van der Waals surface area (Å²) in [5.74, 6) is -0.0644. The molecular weight excluding hydrogens is 220 g/mol. The topological polar surface area (TPSA) is 56.0 Å². The highest BCUT2D eigenvalue weighted by molar-refractivity contribution is 7.13. The van der Waals surface area contributed by atoms with E-state index >= 15 is 0 Å². The molecule has 0 aliphatic heterocycles. The largest absolute Gasteiger partial charge is 0.375 e. The van der Waals surface area contributed by atoms with Gasteiger partial charge in [-0.1, -0.05) is 23.8 Å². The zero-order valence-corrected chi connectivity index (χ0v) is 9.97. The van der Waals surface area contributed by atoms with Crippen LogP contribution >= 0.6 is 11.3 Å². The summed E-state index contributed by atoms with van der Waals surface area (Å²) in [4.78, 5) is 16.1. The fourth-order valence-corrected chi connectivity index (χ4v) is 2.14. The molecule has 0 atom stereocenters. The average molecular weight is 232 g/mol. The zero-order valence-electron chi connectivity index (χ0n) is 9.15. The van der Waals surface area contributed by atoms with E-state index in [0.29, 0.717) is 16.4 Å². The summed E-state index contributed by atoms with van der Waals surface area (Å²) in [5.41, 5.74) is 8.74. The lowest BCUT2D eigenvalue weighted by Crippen LogP contribution is -2.04. The number of benzene rings is 1. The van der Waals surface area contributed by atoms with Crippen LogP contribution in [0.25, 0.3) is 0 Å². The van der Waals surface area contributed by atoms with Gasteiger partial charge in [0.1, 0.15) is 5.69 Å². The van der Waals surface area contributed by atoms with Crippen molar-refractivity contribution in [3.05, 3.63) is 46.0 Å². The normalized spacial score (nSPS) is 10.4. The number of thiazole rings is 1. The minimum atomic E-state index is -0.0644. The van der Waals surface area contributed by atoms with Crippen molar-refractivity contribution in [3.8, 4) is 0 Å². The van der Waals surface area contributed by atoms with Crippen LogP contribution in [0, 0.1) is 13.8 Å². The van der Waals surface area contributed by atoms with Crippen molar-refractivity contribution in [3.63, 3.8) is 0 Å². The van der Waals surface area contributed by atoms with Gasteiger partial charge in [-0.25, -0.2) is 4.98 Å². The van der Waals surface area contributed by atoms with Crippen LogP contribution in [0.2, 0.25) is 0 Å². The van der Waals surface area contributed by atoms with Gasteiger partial charge in [-0.2, -0.15) is 0 Å². The molecule has 0 aliphatic rings. The highest BCUT2D eigenvalue weighted by Gasteiger charge is 2.14. The number of aromatic nitrogens is 1. The molecule has 0 radical (unpaired) electrons. The Kier molecular flexibility index (Phi) is 2.75. The highest BCUT2D eigenvalue weighted by Crippen LogP contribution is 2.18. The van der Waals surface area contributed by atoms with Gasteiger partial charge in [0.2, 0.25) is 5.78 Å². The zero-order chi connectivity index (χ0) is 11.7. The number of nitrogens with two attached hydrogens (primary N) is 1. The third-order valence-electron chi connectivity index (χ3n) is 2.38. The Labute approximate surface area is 97.9 Å². The summed E-state index contributed by atoms with van der Waals surface area (Å²) in [6.07, 6.45) is 0. The lowest BCUT2D eigenvalue weighted by molar-refractivity contribution is 0.103. The number of nitrogens with zero attached hydrogens (tertiary/aromatic N) is 1. The Morgan fingerprint density at radius 2 is 2.12 bits per heavy atom. The van der Waals surface area contributed by atoms with Crippen molar-refractivity contribution < 1.29 is 4.79 Å². The molecule has 16 heavy (non-hydrogen) atoms. The first-order chi connectivity index (χ1) is 7.58. The molecule has 2 aromatic rings. The van der Waals surface area contributed by atoms with E-state index < -0.39 is 0 Å². The third-order valence-corrected chi connectivity index (χ3v) is 3.06. The first-order valence-electron chi connectivity index (χ1n) is 4.91. The fraction of sp³-hybridized carbons (Fsp3) is 0.167. The van der Waals surface area contributed by atoms with E-state index in [1.54, 1.807) is 5.38 Å². The molecule has 0 spiro atoms. The maximum atomic E-state index is 12.1. The van der Waals surface area contributed by atoms with Crippen LogP contribution in [0.3, 0.4) is 0 Å². The molecule has 0 unspecified atom stereocenters. The Bertz CT molecular complexity index is 546. The van der Waals surface area contributed by atoms with Crippen LogP contribution < -0.4 is 5.73 Å². The monoisotopic (exact) mass is 232 g/mol. The summed E-state index contributed by atoms with van der Waals surface area (Å²) >= 11 is 1.28. The summed E-state index contributed by atoms with van der Waals surface area (Å²) in [5, 5.41) is 2.12. The SMILES string of the molecule is Cc1ccc(C(=O)c2csc(N)n2)c(C)c1. The van der Waals surface area contributed by atoms with E-state index in [-0.39, 0.29) is 5.78 Å². The molecule has 82 valence electrons. The van der Waals surface area contributed by atoms with Crippen LogP contribution in [0.4, 0.5) is 5.13 Å². The van der Waals surface area contributed by atoms with Crippen LogP contribution in [-0.2, 0) is 0 Å². The molecular formula is C12H12N2OS. The maximum Gasteiger partial charge on any atom is 0.212 e. The predicted octanol–water partition coefficient (Wildman–Crippen LogP) is 2.57. The molecule has 0 aliphatic carbocycles. The van der Waals surface area contributed by atoms with Crippen molar-refractivity contribution in [1.82, 2.24) is 4.98 Å². The number of hydrogen-bond acceptors (Lipinski definition) is 4. The minimum absolute atomic E-state index is 0.0644. The Morgan fingerprint density at radius 1 is 1.38 bits per heavy atom. The van der Waals surface area contributed by atoms with Gasteiger partial charge in [-0.3, -0.25) is 4.79 Å². The van der Waals surface area contributed by atoms with E-state index in [2.05, 4.69) is 4.98 Å². The molecule has 0 saturated heterocycles. The van der Waals surface area contributed by atoms with E-state index in [0.717, 1.165) is 11.1 Å². The molecule has 2 N–H and O–H groups in total. The Balaban J connectivity index is 2.41. The van der Waals surface area contributed by atoms with Crippen molar-refractivity contribution >= 4 is 22.3 Å². The van der Waals surface area contributed by atoms with E-state index in [1.165, 1.54) is 11.3 Å². The molecule has 1 aromatic carbocycles. The highest BCUT2D eigenvalue weighted by atomic mass is 32.1. The van der Waals surface area contributed by atoms with Crippen LogP contribution in [0.1, 0.15) is 27.2 Å². The van der Waals surface area contributed by atoms with Gasteiger partial charge in [-0.05, 0) is 19.4 Å². The number of nitrogen functional groups attached to an aromatic ring is 1. The quantitative estimate of drug-likeness (QED) is 0.810. The van der Waals surface area contributed by atoms with Gasteiger partial charge < -0.3 is 5.73 Å². The molecule has 1 heterocycles. The average Bonchev–Trinajstić information content (AvgIpc) is 2.64. The van der Waals surface area contributed by atoms with E-state index in [1.807, 2.05) is 32.0 Å².